The molecule has 1 aromatic heterocycles. The molecule has 32 heavy (non-hydrogen) atoms. The maximum absolute atomic E-state index is 11.9. The Morgan fingerprint density at radius 3 is 2.38 bits per heavy atom. The van der Waals surface area contributed by atoms with Gasteiger partial charge in [0, 0.05) is 24.8 Å². The van der Waals surface area contributed by atoms with E-state index in [1.165, 1.54) is 32.1 Å². The molecule has 1 N–H and O–H groups in total. The van der Waals surface area contributed by atoms with Crippen LogP contribution in [0.1, 0.15) is 37.7 Å². The molecular weight excluding hydrogens is 420 g/mol. The van der Waals surface area contributed by atoms with Crippen molar-refractivity contribution in [3.63, 3.8) is 0 Å². The van der Waals surface area contributed by atoms with Gasteiger partial charge in [0.1, 0.15) is 17.4 Å². The molecule has 2 heterocycles. The van der Waals surface area contributed by atoms with E-state index in [-0.39, 0.29) is 11.9 Å². The molecule has 0 amide bonds. The molecule has 0 spiro atoms. The molecule has 166 valence electrons. The second-order valence-corrected chi connectivity index (χ2v) is 9.62. The highest BCUT2D eigenvalue weighted by atomic mass is 32.1. The number of esters is 1. The molecule has 1 aliphatic carbocycles. The highest BCUT2D eigenvalue weighted by Crippen LogP contribution is 2.33. The van der Waals surface area contributed by atoms with Gasteiger partial charge in [0.25, 0.3) is 0 Å². The van der Waals surface area contributed by atoms with Gasteiger partial charge in [-0.1, -0.05) is 30.7 Å². The average Bonchev–Trinajstić information content (AvgIpc) is 3.28. The molecule has 3 aromatic rings. The normalized spacial score (nSPS) is 17.0. The van der Waals surface area contributed by atoms with Crippen molar-refractivity contribution in [1.82, 2.24) is 10.3 Å². The average molecular weight is 449 g/mol. The summed E-state index contributed by atoms with van der Waals surface area (Å²) in [5.41, 5.74) is 3.20. The lowest BCUT2D eigenvalue weighted by molar-refractivity contribution is -0.151. The van der Waals surface area contributed by atoms with Crippen molar-refractivity contribution in [2.45, 2.75) is 44.8 Å². The van der Waals surface area contributed by atoms with Crippen LogP contribution in [-0.4, -0.2) is 30.1 Å². The Morgan fingerprint density at radius 2 is 1.69 bits per heavy atom. The second-order valence-electron chi connectivity index (χ2n) is 8.59. The Morgan fingerprint density at radius 1 is 0.969 bits per heavy atom. The first kappa shape index (κ1) is 21.2. The first-order valence-corrected chi connectivity index (χ1v) is 12.3. The first-order chi connectivity index (χ1) is 15.7. The number of nitrogens with zero attached hydrogens (tertiary/aromatic N) is 1. The zero-order valence-corrected chi connectivity index (χ0v) is 18.9. The summed E-state index contributed by atoms with van der Waals surface area (Å²) >= 11 is 1.67. The number of hydrogen-bond donors (Lipinski definition) is 1. The van der Waals surface area contributed by atoms with Crippen LogP contribution in [0.15, 0.2) is 54.7 Å². The van der Waals surface area contributed by atoms with Gasteiger partial charge in [-0.25, -0.2) is 4.98 Å². The van der Waals surface area contributed by atoms with Crippen molar-refractivity contribution in [1.29, 1.82) is 0 Å². The lowest BCUT2D eigenvalue weighted by Gasteiger charge is -2.24. The van der Waals surface area contributed by atoms with Crippen molar-refractivity contribution < 1.29 is 14.3 Å². The van der Waals surface area contributed by atoms with Crippen molar-refractivity contribution in [2.24, 2.45) is 5.92 Å². The van der Waals surface area contributed by atoms with Gasteiger partial charge in [0.15, 0.2) is 0 Å². The van der Waals surface area contributed by atoms with Crippen LogP contribution in [0.4, 0.5) is 0 Å². The molecule has 5 nitrogen and oxygen atoms in total. The second kappa shape index (κ2) is 9.84. The minimum absolute atomic E-state index is 0.0101. The number of aromatic nitrogens is 1. The van der Waals surface area contributed by atoms with E-state index >= 15 is 0 Å². The molecule has 0 unspecified atom stereocenters. The Labute approximate surface area is 192 Å². The molecule has 2 aromatic carbocycles. The van der Waals surface area contributed by atoms with Gasteiger partial charge in [0.2, 0.25) is 0 Å². The Hall–Kier alpha value is -2.70. The fourth-order valence-corrected chi connectivity index (χ4v) is 5.01. The van der Waals surface area contributed by atoms with E-state index in [9.17, 15) is 4.79 Å². The minimum Gasteiger partial charge on any atom is -0.490 e. The highest BCUT2D eigenvalue weighted by Gasteiger charge is 2.26. The number of hydrogen-bond acceptors (Lipinski definition) is 6. The number of ether oxygens (including phenoxy) is 2. The monoisotopic (exact) mass is 448 g/mol. The molecule has 2 aliphatic rings. The topological polar surface area (TPSA) is 60.5 Å². The quantitative estimate of drug-likeness (QED) is 0.487. The maximum Gasteiger partial charge on any atom is 0.311 e. The Bertz CT molecular complexity index is 1040. The molecule has 1 saturated heterocycles. The molecule has 0 radical (unpaired) electrons. The number of benzene rings is 2. The van der Waals surface area contributed by atoms with Crippen LogP contribution in [-0.2, 0) is 16.1 Å². The molecule has 2 fully saturated rings. The summed E-state index contributed by atoms with van der Waals surface area (Å²) in [6.07, 6.45) is 8.51. The summed E-state index contributed by atoms with van der Waals surface area (Å²) in [6, 6.07) is 16.4. The molecule has 5 rings (SSSR count). The van der Waals surface area contributed by atoms with Crippen LogP contribution < -0.4 is 10.1 Å². The van der Waals surface area contributed by atoms with E-state index in [1.54, 1.807) is 11.3 Å². The summed E-state index contributed by atoms with van der Waals surface area (Å²) in [4.78, 5) is 17.6. The minimum atomic E-state index is -0.118. The van der Waals surface area contributed by atoms with Gasteiger partial charge in [-0.2, -0.15) is 0 Å². The molecular formula is C26H28N2O3S. The maximum atomic E-state index is 11.9. The third-order valence-corrected chi connectivity index (χ3v) is 7.29. The fourth-order valence-electron chi connectivity index (χ4n) is 4.09. The van der Waals surface area contributed by atoms with Crippen LogP contribution in [0.25, 0.3) is 21.0 Å². The molecule has 0 bridgehead atoms. The predicted octanol–water partition coefficient (Wildman–Crippen LogP) is 5.45. The lowest BCUT2D eigenvalue weighted by Crippen LogP contribution is -2.47. The van der Waals surface area contributed by atoms with Gasteiger partial charge in [-0.05, 0) is 61.1 Å². The summed E-state index contributed by atoms with van der Waals surface area (Å²) in [5, 5.41) is 4.06. The van der Waals surface area contributed by atoms with E-state index in [0.717, 1.165) is 45.4 Å². The van der Waals surface area contributed by atoms with Gasteiger partial charge < -0.3 is 14.8 Å². The number of rotatable bonds is 7. The van der Waals surface area contributed by atoms with E-state index < -0.39 is 0 Å². The van der Waals surface area contributed by atoms with Gasteiger partial charge in [-0.15, -0.1) is 11.3 Å². The number of carbonyl (C=O) groups excluding carboxylic acids is 1. The zero-order chi connectivity index (χ0) is 21.8. The SMILES string of the molecule is O=C(OCc1ccc(-c2ncc(-c3ccc(OC4CCCCC4)cc3)s2)cc1)C1CNC1. The fraction of sp³-hybridized carbons (Fsp3) is 0.385. The highest BCUT2D eigenvalue weighted by molar-refractivity contribution is 7.18. The van der Waals surface area contributed by atoms with Crippen molar-refractivity contribution in [2.75, 3.05) is 13.1 Å². The largest absolute Gasteiger partial charge is 0.490 e. The van der Waals surface area contributed by atoms with E-state index in [4.69, 9.17) is 9.47 Å². The third-order valence-electron chi connectivity index (χ3n) is 6.20. The van der Waals surface area contributed by atoms with Crippen molar-refractivity contribution in [3.05, 3.63) is 60.3 Å². The smallest absolute Gasteiger partial charge is 0.311 e. The van der Waals surface area contributed by atoms with Gasteiger partial charge in [-0.3, -0.25) is 4.79 Å². The van der Waals surface area contributed by atoms with Crippen molar-refractivity contribution >= 4 is 17.3 Å². The van der Waals surface area contributed by atoms with E-state index in [1.807, 2.05) is 30.5 Å². The Kier molecular flexibility index (Phi) is 6.51. The molecule has 1 saturated carbocycles. The number of nitrogens with one attached hydrogen (secondary N) is 1. The molecule has 6 heteroatoms. The first-order valence-electron chi connectivity index (χ1n) is 11.4. The summed E-state index contributed by atoms with van der Waals surface area (Å²) in [7, 11) is 0. The zero-order valence-electron chi connectivity index (χ0n) is 18.1. The van der Waals surface area contributed by atoms with Crippen LogP contribution >= 0.6 is 11.3 Å². The third kappa shape index (κ3) is 5.03. The van der Waals surface area contributed by atoms with Gasteiger partial charge >= 0.3 is 5.97 Å². The lowest BCUT2D eigenvalue weighted by atomic mass is 9.98. The van der Waals surface area contributed by atoms with Crippen LogP contribution in [0, 0.1) is 5.92 Å². The van der Waals surface area contributed by atoms with E-state index in [0.29, 0.717) is 12.7 Å². The summed E-state index contributed by atoms with van der Waals surface area (Å²) in [5.74, 6) is 0.846. The van der Waals surface area contributed by atoms with Crippen LogP contribution in [0.5, 0.6) is 5.75 Å². The summed E-state index contributed by atoms with van der Waals surface area (Å²) in [6.45, 7) is 1.76. The number of thiazole rings is 1. The van der Waals surface area contributed by atoms with Crippen LogP contribution in [0.3, 0.4) is 0 Å². The van der Waals surface area contributed by atoms with E-state index in [2.05, 4.69) is 34.6 Å². The van der Waals surface area contributed by atoms with Gasteiger partial charge in [0.05, 0.1) is 16.9 Å². The van der Waals surface area contributed by atoms with Crippen LogP contribution in [0.2, 0.25) is 0 Å². The summed E-state index contributed by atoms with van der Waals surface area (Å²) < 4.78 is 11.5. The predicted molar refractivity (Wildman–Crippen MR) is 127 cm³/mol. The molecule has 0 atom stereocenters. The Balaban J connectivity index is 1.19. The molecule has 1 aliphatic heterocycles. The standard InChI is InChI=1S/C26H28N2O3S/c29-26(21-14-27-15-21)30-17-18-6-8-20(9-7-18)25-28-16-24(32-25)19-10-12-23(13-11-19)31-22-4-2-1-3-5-22/h6-13,16,21-22,27H,1-5,14-15,17H2. The van der Waals surface area contributed by atoms with Crippen molar-refractivity contribution in [3.8, 4) is 26.8 Å². The number of carbonyl (C=O) groups is 1.